The van der Waals surface area contributed by atoms with Crippen molar-refractivity contribution in [2.75, 3.05) is 11.4 Å². The van der Waals surface area contributed by atoms with E-state index in [9.17, 15) is 4.79 Å². The van der Waals surface area contributed by atoms with Crippen LogP contribution in [0.4, 0.5) is 11.6 Å². The van der Waals surface area contributed by atoms with Crippen LogP contribution >= 0.6 is 0 Å². The molecule has 1 heterocycles. The SMILES string of the molecule is CCN(c1ccccc1)c1nc(C)cc(C(=O)NC(C)c2ccccc2)n1. The van der Waals surface area contributed by atoms with Crippen LogP contribution in [-0.4, -0.2) is 22.4 Å². The lowest BCUT2D eigenvalue weighted by Gasteiger charge is -2.22. The van der Waals surface area contributed by atoms with Gasteiger partial charge in [-0.2, -0.15) is 0 Å². The van der Waals surface area contributed by atoms with Gasteiger partial charge in [0.15, 0.2) is 0 Å². The molecule has 0 spiro atoms. The van der Waals surface area contributed by atoms with Gasteiger partial charge in [0, 0.05) is 17.9 Å². The van der Waals surface area contributed by atoms with Gasteiger partial charge in [0.05, 0.1) is 6.04 Å². The van der Waals surface area contributed by atoms with Crippen LogP contribution < -0.4 is 10.2 Å². The number of nitrogens with one attached hydrogen (secondary N) is 1. The van der Waals surface area contributed by atoms with E-state index in [0.29, 0.717) is 18.2 Å². The number of aryl methyl sites for hydroxylation is 1. The van der Waals surface area contributed by atoms with Crippen LogP contribution in [0.2, 0.25) is 0 Å². The second-order valence-corrected chi connectivity index (χ2v) is 6.38. The third-order valence-corrected chi connectivity index (χ3v) is 4.35. The number of nitrogens with zero attached hydrogens (tertiary/aromatic N) is 3. The van der Waals surface area contributed by atoms with Crippen LogP contribution in [0, 0.1) is 6.92 Å². The first kappa shape index (κ1) is 18.6. The molecule has 0 fully saturated rings. The molecule has 0 bridgehead atoms. The molecule has 1 amide bonds. The van der Waals surface area contributed by atoms with Gasteiger partial charge in [-0.15, -0.1) is 0 Å². The molecule has 0 aliphatic carbocycles. The molecule has 138 valence electrons. The minimum Gasteiger partial charge on any atom is -0.344 e. The molecule has 27 heavy (non-hydrogen) atoms. The largest absolute Gasteiger partial charge is 0.344 e. The van der Waals surface area contributed by atoms with Crippen LogP contribution in [0.3, 0.4) is 0 Å². The average Bonchev–Trinajstić information content (AvgIpc) is 2.69. The van der Waals surface area contributed by atoms with Crippen molar-refractivity contribution in [3.63, 3.8) is 0 Å². The third-order valence-electron chi connectivity index (χ3n) is 4.35. The Hall–Kier alpha value is -3.21. The summed E-state index contributed by atoms with van der Waals surface area (Å²) in [6, 6.07) is 21.4. The summed E-state index contributed by atoms with van der Waals surface area (Å²) >= 11 is 0. The lowest BCUT2D eigenvalue weighted by molar-refractivity contribution is 0.0934. The smallest absolute Gasteiger partial charge is 0.270 e. The molecule has 1 atom stereocenters. The molecule has 0 aliphatic rings. The Labute approximate surface area is 160 Å². The van der Waals surface area contributed by atoms with E-state index in [4.69, 9.17) is 0 Å². The maximum Gasteiger partial charge on any atom is 0.270 e. The van der Waals surface area contributed by atoms with Crippen LogP contribution in [0.25, 0.3) is 0 Å². The van der Waals surface area contributed by atoms with Crippen molar-refractivity contribution in [1.82, 2.24) is 15.3 Å². The molecule has 0 saturated heterocycles. The molecule has 0 saturated carbocycles. The van der Waals surface area contributed by atoms with Gasteiger partial charge >= 0.3 is 0 Å². The molecule has 0 radical (unpaired) electrons. The number of hydrogen-bond acceptors (Lipinski definition) is 4. The lowest BCUT2D eigenvalue weighted by atomic mass is 10.1. The van der Waals surface area contributed by atoms with E-state index in [-0.39, 0.29) is 11.9 Å². The molecule has 3 rings (SSSR count). The summed E-state index contributed by atoms with van der Waals surface area (Å²) in [5.74, 6) is 0.323. The summed E-state index contributed by atoms with van der Waals surface area (Å²) in [6.45, 7) is 6.58. The lowest BCUT2D eigenvalue weighted by Crippen LogP contribution is -2.28. The maximum absolute atomic E-state index is 12.8. The van der Waals surface area contributed by atoms with Gasteiger partial charge in [0.25, 0.3) is 5.91 Å². The van der Waals surface area contributed by atoms with E-state index in [2.05, 4.69) is 15.3 Å². The highest BCUT2D eigenvalue weighted by molar-refractivity contribution is 5.93. The second kappa shape index (κ2) is 8.45. The fourth-order valence-corrected chi connectivity index (χ4v) is 2.93. The van der Waals surface area contributed by atoms with Crippen molar-refractivity contribution in [1.29, 1.82) is 0 Å². The van der Waals surface area contributed by atoms with Crippen LogP contribution in [0.5, 0.6) is 0 Å². The first-order valence-corrected chi connectivity index (χ1v) is 9.12. The number of para-hydroxylation sites is 1. The van der Waals surface area contributed by atoms with Gasteiger partial charge < -0.3 is 10.2 Å². The summed E-state index contributed by atoms with van der Waals surface area (Å²) in [7, 11) is 0. The van der Waals surface area contributed by atoms with E-state index in [1.54, 1.807) is 6.07 Å². The predicted octanol–water partition coefficient (Wildman–Crippen LogP) is 4.43. The molecule has 1 unspecified atom stereocenters. The van der Waals surface area contributed by atoms with Crippen molar-refractivity contribution in [2.24, 2.45) is 0 Å². The fraction of sp³-hybridized carbons (Fsp3) is 0.227. The summed E-state index contributed by atoms with van der Waals surface area (Å²) in [4.78, 5) is 23.8. The van der Waals surface area contributed by atoms with E-state index in [1.807, 2.05) is 86.3 Å². The van der Waals surface area contributed by atoms with Crippen molar-refractivity contribution >= 4 is 17.5 Å². The molecular weight excluding hydrogens is 336 g/mol. The zero-order valence-electron chi connectivity index (χ0n) is 15.9. The van der Waals surface area contributed by atoms with Gasteiger partial charge in [0.2, 0.25) is 5.95 Å². The zero-order valence-corrected chi connectivity index (χ0v) is 15.9. The quantitative estimate of drug-likeness (QED) is 0.706. The van der Waals surface area contributed by atoms with Crippen molar-refractivity contribution in [3.05, 3.63) is 83.7 Å². The summed E-state index contributed by atoms with van der Waals surface area (Å²) in [5, 5.41) is 3.02. The zero-order chi connectivity index (χ0) is 19.2. The predicted molar refractivity (Wildman–Crippen MR) is 108 cm³/mol. The monoisotopic (exact) mass is 360 g/mol. The molecule has 5 nitrogen and oxygen atoms in total. The Bertz CT molecular complexity index is 897. The topological polar surface area (TPSA) is 58.1 Å². The number of amides is 1. The van der Waals surface area contributed by atoms with Crippen molar-refractivity contribution in [3.8, 4) is 0 Å². The Morgan fingerprint density at radius 1 is 1.04 bits per heavy atom. The molecule has 1 aromatic heterocycles. The van der Waals surface area contributed by atoms with E-state index >= 15 is 0 Å². The van der Waals surface area contributed by atoms with Gasteiger partial charge in [-0.25, -0.2) is 9.97 Å². The molecule has 5 heteroatoms. The van der Waals surface area contributed by atoms with Gasteiger partial charge in [0.1, 0.15) is 5.69 Å². The minimum atomic E-state index is -0.206. The summed E-state index contributed by atoms with van der Waals surface area (Å²) in [6.07, 6.45) is 0. The Morgan fingerprint density at radius 2 is 1.67 bits per heavy atom. The number of rotatable bonds is 6. The molecule has 2 aromatic carbocycles. The van der Waals surface area contributed by atoms with Gasteiger partial charge in [-0.3, -0.25) is 4.79 Å². The number of carbonyl (C=O) groups is 1. The Morgan fingerprint density at radius 3 is 2.30 bits per heavy atom. The van der Waals surface area contributed by atoms with E-state index in [0.717, 1.165) is 16.9 Å². The minimum absolute atomic E-state index is 0.103. The van der Waals surface area contributed by atoms with E-state index < -0.39 is 0 Å². The Kier molecular flexibility index (Phi) is 5.81. The number of hydrogen-bond donors (Lipinski definition) is 1. The fourth-order valence-electron chi connectivity index (χ4n) is 2.93. The first-order chi connectivity index (χ1) is 13.1. The first-order valence-electron chi connectivity index (χ1n) is 9.12. The standard InChI is InChI=1S/C22H24N4O/c1-4-26(19-13-9-6-10-14-19)22-23-16(2)15-20(25-22)21(27)24-17(3)18-11-7-5-8-12-18/h5-15,17H,4H2,1-3H3,(H,24,27). The van der Waals surface area contributed by atoms with Crippen molar-refractivity contribution in [2.45, 2.75) is 26.8 Å². The average molecular weight is 360 g/mol. The van der Waals surface area contributed by atoms with Crippen molar-refractivity contribution < 1.29 is 4.79 Å². The van der Waals surface area contributed by atoms with Gasteiger partial charge in [-0.1, -0.05) is 48.5 Å². The van der Waals surface area contributed by atoms with Crippen LogP contribution in [-0.2, 0) is 0 Å². The van der Waals surface area contributed by atoms with E-state index in [1.165, 1.54) is 0 Å². The number of benzene rings is 2. The highest BCUT2D eigenvalue weighted by Crippen LogP contribution is 2.22. The Balaban J connectivity index is 1.85. The number of anilines is 2. The third kappa shape index (κ3) is 4.50. The number of aromatic nitrogens is 2. The highest BCUT2D eigenvalue weighted by Gasteiger charge is 2.17. The maximum atomic E-state index is 12.8. The molecular formula is C22H24N4O. The second-order valence-electron chi connectivity index (χ2n) is 6.38. The van der Waals surface area contributed by atoms with Crippen LogP contribution in [0.15, 0.2) is 66.7 Å². The van der Waals surface area contributed by atoms with Gasteiger partial charge in [-0.05, 0) is 44.5 Å². The summed E-state index contributed by atoms with van der Waals surface area (Å²) in [5.41, 5.74) is 3.17. The highest BCUT2D eigenvalue weighted by atomic mass is 16.1. The van der Waals surface area contributed by atoms with Crippen LogP contribution in [0.1, 0.15) is 41.6 Å². The molecule has 0 aliphatic heterocycles. The molecule has 1 N–H and O–H groups in total. The number of carbonyl (C=O) groups excluding carboxylic acids is 1. The summed E-state index contributed by atoms with van der Waals surface area (Å²) < 4.78 is 0. The molecule has 3 aromatic rings. The normalized spacial score (nSPS) is 11.7.